The summed E-state index contributed by atoms with van der Waals surface area (Å²) >= 11 is 1.63. The summed E-state index contributed by atoms with van der Waals surface area (Å²) in [6, 6.07) is 7.89. The Morgan fingerprint density at radius 3 is 2.69 bits per heavy atom. The van der Waals surface area contributed by atoms with E-state index in [1.54, 1.807) is 22.2 Å². The fourth-order valence-corrected chi connectivity index (χ4v) is 4.91. The molecule has 0 bridgehead atoms. The van der Waals surface area contributed by atoms with Crippen LogP contribution in [-0.4, -0.2) is 37.2 Å². The van der Waals surface area contributed by atoms with Crippen molar-refractivity contribution in [2.45, 2.75) is 56.5 Å². The highest BCUT2D eigenvalue weighted by Gasteiger charge is 2.32. The first-order valence-corrected chi connectivity index (χ1v) is 11.4. The summed E-state index contributed by atoms with van der Waals surface area (Å²) in [6.45, 7) is 6.36. The van der Waals surface area contributed by atoms with Gasteiger partial charge in [-0.1, -0.05) is 24.8 Å². The first-order chi connectivity index (χ1) is 14.1. The highest BCUT2D eigenvalue weighted by atomic mass is 32.2. The molecule has 29 heavy (non-hydrogen) atoms. The molecule has 1 saturated carbocycles. The number of piperidine rings is 1. The number of fused-ring (bicyclic) bond motifs is 1. The van der Waals surface area contributed by atoms with Gasteiger partial charge in [0.25, 0.3) is 5.56 Å². The summed E-state index contributed by atoms with van der Waals surface area (Å²) in [6.07, 6.45) is 4.81. The third-order valence-electron chi connectivity index (χ3n) is 5.91. The van der Waals surface area contributed by atoms with Crippen molar-refractivity contribution in [3.8, 4) is 0 Å². The summed E-state index contributed by atoms with van der Waals surface area (Å²) in [5.74, 6) is 2.42. The topological polar surface area (TPSA) is 68.3 Å². The summed E-state index contributed by atoms with van der Waals surface area (Å²) in [4.78, 5) is 19.6. The first-order valence-electron chi connectivity index (χ1n) is 10.4. The second-order valence-electron chi connectivity index (χ2n) is 8.29. The van der Waals surface area contributed by atoms with Crippen LogP contribution in [0.25, 0.3) is 5.65 Å². The fourth-order valence-electron chi connectivity index (χ4n) is 4.02. The fraction of sp³-hybridized carbons (Fsp3) is 0.524. The van der Waals surface area contributed by atoms with E-state index >= 15 is 0 Å². The lowest BCUT2D eigenvalue weighted by Gasteiger charge is -2.31. The standard InChI is InChI=1S/C21H26N6OS/c1-14-8-10-25(11-9-14)20-23-24-21(27(20)17-6-7-17)29-13-16-12-19(28)26-15(2)4-3-5-18(26)22-16/h3-5,12,14,17H,6-11,13H2,1-2H3. The molecule has 5 rings (SSSR count). The number of pyridine rings is 1. The Bertz CT molecular complexity index is 1090. The number of nitrogens with zero attached hydrogens (tertiary/aromatic N) is 6. The molecule has 4 heterocycles. The van der Waals surface area contributed by atoms with Gasteiger partial charge in [-0.25, -0.2) is 4.98 Å². The van der Waals surface area contributed by atoms with Crippen LogP contribution in [0, 0.1) is 12.8 Å². The average molecular weight is 411 g/mol. The van der Waals surface area contributed by atoms with Crippen LogP contribution >= 0.6 is 11.8 Å². The highest BCUT2D eigenvalue weighted by molar-refractivity contribution is 7.98. The van der Waals surface area contributed by atoms with E-state index in [-0.39, 0.29) is 5.56 Å². The quantitative estimate of drug-likeness (QED) is 0.600. The molecule has 8 heteroatoms. The summed E-state index contributed by atoms with van der Waals surface area (Å²) in [7, 11) is 0. The van der Waals surface area contributed by atoms with Crippen molar-refractivity contribution < 1.29 is 0 Å². The molecule has 0 atom stereocenters. The minimum atomic E-state index is -0.0320. The molecule has 3 aromatic rings. The number of aryl methyl sites for hydroxylation is 1. The Balaban J connectivity index is 1.39. The second-order valence-corrected chi connectivity index (χ2v) is 9.23. The zero-order valence-electron chi connectivity index (χ0n) is 16.9. The minimum Gasteiger partial charge on any atom is -0.341 e. The molecule has 7 nitrogen and oxygen atoms in total. The van der Waals surface area contributed by atoms with Crippen molar-refractivity contribution in [2.75, 3.05) is 18.0 Å². The molecule has 1 saturated heterocycles. The van der Waals surface area contributed by atoms with Gasteiger partial charge in [0.1, 0.15) is 5.65 Å². The van der Waals surface area contributed by atoms with Crippen LogP contribution in [0.3, 0.4) is 0 Å². The van der Waals surface area contributed by atoms with Crippen LogP contribution in [0.4, 0.5) is 5.95 Å². The van der Waals surface area contributed by atoms with Crippen molar-refractivity contribution in [3.05, 3.63) is 46.0 Å². The molecule has 152 valence electrons. The van der Waals surface area contributed by atoms with Gasteiger partial charge in [0, 0.05) is 36.6 Å². The largest absolute Gasteiger partial charge is 0.341 e. The second kappa shape index (κ2) is 7.48. The molecular formula is C21H26N6OS. The highest BCUT2D eigenvalue weighted by Crippen LogP contribution is 2.41. The molecule has 0 aromatic carbocycles. The molecule has 0 N–H and O–H groups in total. The molecule has 0 radical (unpaired) electrons. The van der Waals surface area contributed by atoms with Crippen molar-refractivity contribution >= 4 is 23.4 Å². The maximum absolute atomic E-state index is 12.5. The van der Waals surface area contributed by atoms with Crippen molar-refractivity contribution in [1.29, 1.82) is 0 Å². The van der Waals surface area contributed by atoms with E-state index in [0.717, 1.165) is 41.5 Å². The molecule has 1 aliphatic carbocycles. The van der Waals surface area contributed by atoms with Gasteiger partial charge in [0.2, 0.25) is 5.95 Å². The number of thioether (sulfide) groups is 1. The van der Waals surface area contributed by atoms with Gasteiger partial charge in [-0.05, 0) is 50.7 Å². The monoisotopic (exact) mass is 410 g/mol. The normalized spacial score (nSPS) is 17.9. The molecule has 3 aromatic heterocycles. The Labute approximate surface area is 174 Å². The third kappa shape index (κ3) is 3.66. The lowest BCUT2D eigenvalue weighted by atomic mass is 10.00. The predicted molar refractivity (Wildman–Crippen MR) is 115 cm³/mol. The van der Waals surface area contributed by atoms with E-state index in [0.29, 0.717) is 17.4 Å². The number of hydrogen-bond donors (Lipinski definition) is 0. The smallest absolute Gasteiger partial charge is 0.258 e. The minimum absolute atomic E-state index is 0.0320. The van der Waals surface area contributed by atoms with Gasteiger partial charge < -0.3 is 4.90 Å². The van der Waals surface area contributed by atoms with E-state index in [9.17, 15) is 4.79 Å². The molecule has 0 amide bonds. The Morgan fingerprint density at radius 2 is 1.93 bits per heavy atom. The van der Waals surface area contributed by atoms with Gasteiger partial charge in [0.15, 0.2) is 5.16 Å². The number of aromatic nitrogens is 5. The van der Waals surface area contributed by atoms with Gasteiger partial charge in [-0.15, -0.1) is 10.2 Å². The molecule has 2 aliphatic rings. The molecular weight excluding hydrogens is 384 g/mol. The Kier molecular flexibility index (Phi) is 4.81. The van der Waals surface area contributed by atoms with E-state index < -0.39 is 0 Å². The third-order valence-corrected chi connectivity index (χ3v) is 6.88. The molecule has 1 aliphatic heterocycles. The average Bonchev–Trinajstić information content (AvgIpc) is 3.46. The zero-order chi connectivity index (χ0) is 20.0. The van der Waals surface area contributed by atoms with Crippen LogP contribution in [0.2, 0.25) is 0 Å². The van der Waals surface area contributed by atoms with Crippen LogP contribution < -0.4 is 10.5 Å². The maximum atomic E-state index is 12.5. The lowest BCUT2D eigenvalue weighted by molar-refractivity contribution is 0.429. The van der Waals surface area contributed by atoms with Crippen molar-refractivity contribution in [2.24, 2.45) is 5.92 Å². The van der Waals surface area contributed by atoms with Crippen LogP contribution in [0.15, 0.2) is 34.2 Å². The van der Waals surface area contributed by atoms with Gasteiger partial charge >= 0.3 is 0 Å². The molecule has 0 spiro atoms. The molecule has 0 unspecified atom stereocenters. The van der Waals surface area contributed by atoms with E-state index in [1.165, 1.54) is 25.7 Å². The number of rotatable bonds is 5. The van der Waals surface area contributed by atoms with E-state index in [4.69, 9.17) is 0 Å². The van der Waals surface area contributed by atoms with Gasteiger partial charge in [-0.3, -0.25) is 13.8 Å². The van der Waals surface area contributed by atoms with Gasteiger partial charge in [-0.2, -0.15) is 0 Å². The lowest BCUT2D eigenvalue weighted by Crippen LogP contribution is -2.34. The van der Waals surface area contributed by atoms with Crippen molar-refractivity contribution in [1.82, 2.24) is 24.1 Å². The van der Waals surface area contributed by atoms with E-state index in [1.807, 2.05) is 25.1 Å². The van der Waals surface area contributed by atoms with Crippen LogP contribution in [0.1, 0.15) is 50.0 Å². The first kappa shape index (κ1) is 18.7. The van der Waals surface area contributed by atoms with Crippen molar-refractivity contribution in [3.63, 3.8) is 0 Å². The molecule has 2 fully saturated rings. The summed E-state index contributed by atoms with van der Waals surface area (Å²) in [5, 5.41) is 10.00. The predicted octanol–water partition coefficient (Wildman–Crippen LogP) is 3.46. The Morgan fingerprint density at radius 1 is 1.14 bits per heavy atom. The van der Waals surface area contributed by atoms with E-state index in [2.05, 4.69) is 31.6 Å². The summed E-state index contributed by atoms with van der Waals surface area (Å²) in [5.41, 5.74) is 2.34. The SMILES string of the molecule is Cc1cccc2nc(CSc3nnc(N4CCC(C)CC4)n3C3CC3)cc(=O)n12. The number of hydrogen-bond acceptors (Lipinski definition) is 6. The van der Waals surface area contributed by atoms with Gasteiger partial charge in [0.05, 0.1) is 5.69 Å². The van der Waals surface area contributed by atoms with Crippen LogP contribution in [0.5, 0.6) is 0 Å². The maximum Gasteiger partial charge on any atom is 0.258 e. The number of anilines is 1. The Hall–Kier alpha value is -2.35. The van der Waals surface area contributed by atoms with Crippen LogP contribution in [-0.2, 0) is 5.75 Å². The zero-order valence-corrected chi connectivity index (χ0v) is 17.7. The summed E-state index contributed by atoms with van der Waals surface area (Å²) < 4.78 is 3.97.